The number of nitrogens with one attached hydrogen (secondary N) is 2. The minimum absolute atomic E-state index is 0.184. The van der Waals surface area contributed by atoms with Crippen LogP contribution in [0.15, 0.2) is 71.8 Å². The summed E-state index contributed by atoms with van der Waals surface area (Å²) < 4.78 is 10.6. The van der Waals surface area contributed by atoms with Crippen LogP contribution in [0.25, 0.3) is 0 Å². The molecule has 0 bridgehead atoms. The predicted molar refractivity (Wildman–Crippen MR) is 128 cm³/mol. The quantitative estimate of drug-likeness (QED) is 0.186. The van der Waals surface area contributed by atoms with Gasteiger partial charge in [0.15, 0.2) is 0 Å². The van der Waals surface area contributed by atoms with E-state index in [9.17, 15) is 29.8 Å². The lowest BCUT2D eigenvalue weighted by atomic mass is 10.2. The van der Waals surface area contributed by atoms with Crippen LogP contribution in [0.1, 0.15) is 12.0 Å². The van der Waals surface area contributed by atoms with E-state index < -0.39 is 39.5 Å². The third kappa shape index (κ3) is 7.08. The van der Waals surface area contributed by atoms with Crippen LogP contribution >= 0.6 is 0 Å². The number of rotatable bonds is 10. The van der Waals surface area contributed by atoms with Crippen molar-refractivity contribution in [3.8, 4) is 17.2 Å². The number of benzene rings is 3. The van der Waals surface area contributed by atoms with Gasteiger partial charge in [-0.1, -0.05) is 12.1 Å². The van der Waals surface area contributed by atoms with Crippen LogP contribution in [0, 0.1) is 20.2 Å². The van der Waals surface area contributed by atoms with Crippen molar-refractivity contribution in [2.24, 2.45) is 5.10 Å². The number of ether oxygens (including phenoxy) is 2. The van der Waals surface area contributed by atoms with Gasteiger partial charge in [-0.2, -0.15) is 5.10 Å². The summed E-state index contributed by atoms with van der Waals surface area (Å²) in [5, 5.41) is 28.5. The lowest BCUT2D eigenvalue weighted by molar-refractivity contribution is -0.394. The molecule has 2 amide bonds. The van der Waals surface area contributed by atoms with E-state index in [1.807, 2.05) is 0 Å². The molecule has 0 saturated carbocycles. The maximum absolute atomic E-state index is 12.0. The van der Waals surface area contributed by atoms with E-state index in [1.165, 1.54) is 25.5 Å². The maximum Gasteiger partial charge on any atom is 0.318 e. The highest BCUT2D eigenvalue weighted by molar-refractivity contribution is 6.03. The SMILES string of the molecule is COc1ccc(NC(=O)CC(=O)NN=Cc2cccc(Oc3ccc([N+](=O)[O-])cc3[N+](=O)[O-])c2)cc1. The highest BCUT2D eigenvalue weighted by Gasteiger charge is 2.21. The average molecular weight is 493 g/mol. The summed E-state index contributed by atoms with van der Waals surface area (Å²) in [5.74, 6) is -0.545. The summed E-state index contributed by atoms with van der Waals surface area (Å²) in [6, 6.07) is 15.8. The van der Waals surface area contributed by atoms with Gasteiger partial charge in [-0.25, -0.2) is 5.43 Å². The van der Waals surface area contributed by atoms with E-state index >= 15 is 0 Å². The second kappa shape index (κ2) is 11.7. The fourth-order valence-corrected chi connectivity index (χ4v) is 2.88. The topological polar surface area (TPSA) is 175 Å². The zero-order chi connectivity index (χ0) is 26.1. The van der Waals surface area contributed by atoms with Gasteiger partial charge in [-0.05, 0) is 48.0 Å². The second-order valence-corrected chi connectivity index (χ2v) is 7.09. The Bertz CT molecular complexity index is 1320. The lowest BCUT2D eigenvalue weighted by Gasteiger charge is -2.07. The van der Waals surface area contributed by atoms with E-state index in [0.717, 1.165) is 18.2 Å². The van der Waals surface area contributed by atoms with Gasteiger partial charge in [-0.15, -0.1) is 0 Å². The van der Waals surface area contributed by atoms with E-state index in [4.69, 9.17) is 9.47 Å². The largest absolute Gasteiger partial charge is 0.497 e. The number of amides is 2. The molecule has 0 radical (unpaired) electrons. The molecule has 13 nitrogen and oxygen atoms in total. The first kappa shape index (κ1) is 25.3. The molecule has 0 spiro atoms. The molecule has 13 heteroatoms. The van der Waals surface area contributed by atoms with Crippen molar-refractivity contribution in [1.29, 1.82) is 0 Å². The van der Waals surface area contributed by atoms with Crippen LogP contribution in [0.3, 0.4) is 0 Å². The molecule has 2 N–H and O–H groups in total. The summed E-state index contributed by atoms with van der Waals surface area (Å²) in [6.07, 6.45) is 0.826. The number of nitro groups is 2. The summed E-state index contributed by atoms with van der Waals surface area (Å²) in [5.41, 5.74) is 2.20. The summed E-state index contributed by atoms with van der Waals surface area (Å²) in [4.78, 5) is 44.6. The molecule has 0 fully saturated rings. The molecule has 0 aliphatic carbocycles. The summed E-state index contributed by atoms with van der Waals surface area (Å²) in [6.45, 7) is 0. The van der Waals surface area contributed by atoms with Gasteiger partial charge in [-0.3, -0.25) is 29.8 Å². The third-order valence-corrected chi connectivity index (χ3v) is 4.53. The number of nitrogens with zero attached hydrogens (tertiary/aromatic N) is 3. The summed E-state index contributed by atoms with van der Waals surface area (Å²) >= 11 is 0. The first-order chi connectivity index (χ1) is 17.2. The number of hydrazone groups is 1. The number of carbonyl (C=O) groups excluding carboxylic acids is 2. The molecule has 0 aliphatic heterocycles. The maximum atomic E-state index is 12.0. The van der Waals surface area contributed by atoms with Crippen molar-refractivity contribution in [1.82, 2.24) is 5.43 Å². The van der Waals surface area contributed by atoms with Crippen LogP contribution < -0.4 is 20.2 Å². The Hall–Kier alpha value is -5.33. The number of hydrogen-bond donors (Lipinski definition) is 2. The van der Waals surface area contributed by atoms with E-state index in [0.29, 0.717) is 17.0 Å². The zero-order valence-electron chi connectivity index (χ0n) is 18.7. The first-order valence-corrected chi connectivity index (χ1v) is 10.2. The van der Waals surface area contributed by atoms with Gasteiger partial charge < -0.3 is 14.8 Å². The Morgan fingerprint density at radius 3 is 2.36 bits per heavy atom. The molecule has 0 atom stereocenters. The smallest absolute Gasteiger partial charge is 0.318 e. The fourth-order valence-electron chi connectivity index (χ4n) is 2.88. The lowest BCUT2D eigenvalue weighted by Crippen LogP contribution is -2.24. The fraction of sp³-hybridized carbons (Fsp3) is 0.0870. The van der Waals surface area contributed by atoms with E-state index in [1.54, 1.807) is 36.4 Å². The zero-order valence-corrected chi connectivity index (χ0v) is 18.7. The minimum Gasteiger partial charge on any atom is -0.497 e. The van der Waals surface area contributed by atoms with Crippen LogP contribution in [0.2, 0.25) is 0 Å². The highest BCUT2D eigenvalue weighted by atomic mass is 16.6. The molecule has 0 unspecified atom stereocenters. The predicted octanol–water partition coefficient (Wildman–Crippen LogP) is 3.78. The molecular weight excluding hydrogens is 474 g/mol. The van der Waals surface area contributed by atoms with Crippen molar-refractivity contribution < 1.29 is 28.9 Å². The summed E-state index contributed by atoms with van der Waals surface area (Å²) in [7, 11) is 1.52. The Labute approximate surface area is 203 Å². The van der Waals surface area contributed by atoms with Gasteiger partial charge in [0, 0.05) is 11.8 Å². The molecule has 3 rings (SSSR count). The number of carbonyl (C=O) groups is 2. The Balaban J connectivity index is 1.57. The molecular formula is C23H19N5O8. The van der Waals surface area contributed by atoms with Crippen molar-refractivity contribution in [2.75, 3.05) is 12.4 Å². The van der Waals surface area contributed by atoms with Crippen molar-refractivity contribution in [2.45, 2.75) is 6.42 Å². The molecule has 3 aromatic rings. The van der Waals surface area contributed by atoms with Gasteiger partial charge in [0.2, 0.25) is 17.6 Å². The second-order valence-electron chi connectivity index (χ2n) is 7.09. The van der Waals surface area contributed by atoms with Crippen LogP contribution in [-0.2, 0) is 9.59 Å². The molecule has 0 saturated heterocycles. The number of methoxy groups -OCH3 is 1. The molecule has 0 aromatic heterocycles. The third-order valence-electron chi connectivity index (χ3n) is 4.53. The van der Waals surface area contributed by atoms with E-state index in [2.05, 4.69) is 15.8 Å². The molecule has 3 aromatic carbocycles. The normalized spacial score (nSPS) is 10.5. The number of anilines is 1. The van der Waals surface area contributed by atoms with Crippen molar-refractivity contribution >= 4 is 35.1 Å². The Kier molecular flexibility index (Phi) is 8.22. The Morgan fingerprint density at radius 1 is 0.944 bits per heavy atom. The highest BCUT2D eigenvalue weighted by Crippen LogP contribution is 2.34. The van der Waals surface area contributed by atoms with Crippen LogP contribution in [-0.4, -0.2) is 35.0 Å². The van der Waals surface area contributed by atoms with Crippen molar-refractivity contribution in [3.05, 3.63) is 92.5 Å². The van der Waals surface area contributed by atoms with E-state index in [-0.39, 0.29) is 11.5 Å². The number of non-ortho nitro benzene ring substituents is 1. The minimum atomic E-state index is -0.784. The number of hydrogen-bond acceptors (Lipinski definition) is 9. The number of nitro benzene ring substituents is 2. The van der Waals surface area contributed by atoms with Gasteiger partial charge in [0.05, 0.1) is 29.2 Å². The van der Waals surface area contributed by atoms with Crippen LogP contribution in [0.4, 0.5) is 17.1 Å². The average Bonchev–Trinajstić information content (AvgIpc) is 2.84. The molecule has 0 aliphatic rings. The van der Waals surface area contributed by atoms with Crippen molar-refractivity contribution in [3.63, 3.8) is 0 Å². The van der Waals surface area contributed by atoms with Crippen LogP contribution in [0.5, 0.6) is 17.2 Å². The van der Waals surface area contributed by atoms with Gasteiger partial charge in [0.25, 0.3) is 5.69 Å². The molecule has 0 heterocycles. The molecule has 184 valence electrons. The van der Waals surface area contributed by atoms with Gasteiger partial charge in [0.1, 0.15) is 17.9 Å². The standard InChI is InChI=1S/C23H19N5O8/c1-35-18-8-5-16(6-9-18)25-22(29)13-23(30)26-24-14-15-3-2-4-19(11-15)36-21-10-7-17(27(31)32)12-20(21)28(33)34/h2-12,14H,13H2,1H3,(H,25,29)(H,26,30). The molecule has 36 heavy (non-hydrogen) atoms. The Morgan fingerprint density at radius 2 is 1.69 bits per heavy atom. The first-order valence-electron chi connectivity index (χ1n) is 10.2. The monoisotopic (exact) mass is 493 g/mol. The van der Waals surface area contributed by atoms with Gasteiger partial charge >= 0.3 is 5.69 Å².